The first-order valence-corrected chi connectivity index (χ1v) is 6.02. The molecule has 0 unspecified atom stereocenters. The molecule has 0 aliphatic rings. The Bertz CT molecular complexity index is 555. The van der Waals surface area contributed by atoms with Gasteiger partial charge in [0, 0.05) is 12.0 Å². The van der Waals surface area contributed by atoms with Crippen molar-refractivity contribution in [3.63, 3.8) is 0 Å². The average molecular weight is 266 g/mol. The lowest BCUT2D eigenvalue weighted by molar-refractivity contribution is 0.188. The van der Waals surface area contributed by atoms with Gasteiger partial charge in [-0.05, 0) is 25.1 Å². The van der Waals surface area contributed by atoms with Gasteiger partial charge in [0.2, 0.25) is 11.7 Å². The summed E-state index contributed by atoms with van der Waals surface area (Å²) in [7, 11) is 0. The van der Waals surface area contributed by atoms with Crippen LogP contribution in [0, 0.1) is 5.82 Å². The molecule has 1 aromatic heterocycles. The molecule has 1 aromatic carbocycles. The molecule has 1 atom stereocenters. The molecular formula is C13H15FN2O3. The first-order chi connectivity index (χ1) is 9.10. The van der Waals surface area contributed by atoms with E-state index in [0.29, 0.717) is 29.4 Å². The van der Waals surface area contributed by atoms with Gasteiger partial charge in [0.15, 0.2) is 6.61 Å². The topological polar surface area (TPSA) is 68.4 Å². The van der Waals surface area contributed by atoms with Gasteiger partial charge in [-0.15, -0.1) is 0 Å². The highest BCUT2D eigenvalue weighted by atomic mass is 19.1. The van der Waals surface area contributed by atoms with Crippen LogP contribution in [0.2, 0.25) is 0 Å². The summed E-state index contributed by atoms with van der Waals surface area (Å²) < 4.78 is 23.5. The Hall–Kier alpha value is -1.95. The van der Waals surface area contributed by atoms with Gasteiger partial charge in [-0.1, -0.05) is 12.1 Å². The maximum absolute atomic E-state index is 13.1. The van der Waals surface area contributed by atoms with Gasteiger partial charge in [0.05, 0.1) is 6.10 Å². The third kappa shape index (κ3) is 3.29. The summed E-state index contributed by atoms with van der Waals surface area (Å²) in [6.45, 7) is 3.56. The standard InChI is InChI=1S/C13H15FN2O3/c1-3-13-15-12(16-19-13)7-18-11-5-4-9(14)6-10(11)8(2)17/h4-6,8,17H,3,7H2,1-2H3/t8-/m1/s1. The predicted octanol–water partition coefficient (Wildman–Crippen LogP) is 2.40. The smallest absolute Gasteiger partial charge is 0.226 e. The van der Waals surface area contributed by atoms with Crippen molar-refractivity contribution in [2.24, 2.45) is 0 Å². The number of hydrogen-bond donors (Lipinski definition) is 1. The van der Waals surface area contributed by atoms with Crippen LogP contribution in [0.4, 0.5) is 4.39 Å². The van der Waals surface area contributed by atoms with Gasteiger partial charge in [-0.2, -0.15) is 4.98 Å². The Labute approximate surface area is 110 Å². The second-order valence-electron chi connectivity index (χ2n) is 4.10. The van der Waals surface area contributed by atoms with Crippen molar-refractivity contribution in [3.05, 3.63) is 41.3 Å². The van der Waals surface area contributed by atoms with Crippen LogP contribution in [0.15, 0.2) is 22.7 Å². The zero-order valence-electron chi connectivity index (χ0n) is 10.8. The quantitative estimate of drug-likeness (QED) is 0.900. The summed E-state index contributed by atoms with van der Waals surface area (Å²) in [6.07, 6.45) is -0.162. The fourth-order valence-electron chi connectivity index (χ4n) is 1.61. The van der Waals surface area contributed by atoms with Crippen molar-refractivity contribution in [2.75, 3.05) is 0 Å². The van der Waals surface area contributed by atoms with E-state index < -0.39 is 11.9 Å². The van der Waals surface area contributed by atoms with Crippen LogP contribution in [-0.2, 0) is 13.0 Å². The average Bonchev–Trinajstić information content (AvgIpc) is 2.85. The van der Waals surface area contributed by atoms with Gasteiger partial charge < -0.3 is 14.4 Å². The Morgan fingerprint density at radius 3 is 2.89 bits per heavy atom. The monoisotopic (exact) mass is 266 g/mol. The second kappa shape index (κ2) is 5.79. The molecule has 6 heteroatoms. The Balaban J connectivity index is 2.10. The summed E-state index contributed by atoms with van der Waals surface area (Å²) in [6, 6.07) is 3.99. The Morgan fingerprint density at radius 2 is 2.26 bits per heavy atom. The van der Waals surface area contributed by atoms with Crippen molar-refractivity contribution < 1.29 is 18.8 Å². The van der Waals surface area contributed by atoms with Gasteiger partial charge in [0.25, 0.3) is 0 Å². The van der Waals surface area contributed by atoms with E-state index in [9.17, 15) is 9.50 Å². The fourth-order valence-corrected chi connectivity index (χ4v) is 1.61. The summed E-state index contributed by atoms with van der Waals surface area (Å²) in [5, 5.41) is 13.3. The third-order valence-corrected chi connectivity index (χ3v) is 2.59. The molecule has 1 heterocycles. The first kappa shape index (κ1) is 13.5. The number of ether oxygens (including phenoxy) is 1. The second-order valence-corrected chi connectivity index (χ2v) is 4.10. The molecule has 0 saturated heterocycles. The van der Waals surface area contributed by atoms with Gasteiger partial charge in [-0.25, -0.2) is 4.39 Å². The highest BCUT2D eigenvalue weighted by Crippen LogP contribution is 2.26. The van der Waals surface area contributed by atoms with E-state index in [1.165, 1.54) is 18.2 Å². The van der Waals surface area contributed by atoms with Crippen LogP contribution in [0.25, 0.3) is 0 Å². The van der Waals surface area contributed by atoms with Crippen molar-refractivity contribution >= 4 is 0 Å². The van der Waals surface area contributed by atoms with E-state index in [1.807, 2.05) is 6.92 Å². The molecule has 0 amide bonds. The lowest BCUT2D eigenvalue weighted by atomic mass is 10.1. The number of rotatable bonds is 5. The van der Waals surface area contributed by atoms with Crippen molar-refractivity contribution in [3.8, 4) is 5.75 Å². The lowest BCUT2D eigenvalue weighted by Gasteiger charge is -2.12. The Kier molecular flexibility index (Phi) is 4.11. The number of aryl methyl sites for hydroxylation is 1. The normalized spacial score (nSPS) is 12.4. The van der Waals surface area contributed by atoms with Crippen LogP contribution in [0.5, 0.6) is 5.75 Å². The maximum atomic E-state index is 13.1. The zero-order chi connectivity index (χ0) is 13.8. The lowest BCUT2D eigenvalue weighted by Crippen LogP contribution is -2.03. The number of benzene rings is 1. The van der Waals surface area contributed by atoms with Crippen LogP contribution in [0.3, 0.4) is 0 Å². The van der Waals surface area contributed by atoms with E-state index in [2.05, 4.69) is 10.1 Å². The van der Waals surface area contributed by atoms with E-state index in [4.69, 9.17) is 9.26 Å². The molecule has 0 saturated carbocycles. The van der Waals surface area contributed by atoms with Crippen LogP contribution in [0.1, 0.15) is 37.2 Å². The van der Waals surface area contributed by atoms with Crippen molar-refractivity contribution in [2.45, 2.75) is 33.0 Å². The van der Waals surface area contributed by atoms with E-state index in [1.54, 1.807) is 6.92 Å². The third-order valence-electron chi connectivity index (χ3n) is 2.59. The number of aliphatic hydroxyl groups is 1. The fraction of sp³-hybridized carbons (Fsp3) is 0.385. The minimum atomic E-state index is -0.817. The minimum Gasteiger partial charge on any atom is -0.485 e. The molecule has 0 fully saturated rings. The molecule has 1 N–H and O–H groups in total. The molecule has 0 aliphatic heterocycles. The molecule has 2 aromatic rings. The molecule has 0 aliphatic carbocycles. The highest BCUT2D eigenvalue weighted by molar-refractivity contribution is 5.35. The van der Waals surface area contributed by atoms with E-state index in [0.717, 1.165) is 0 Å². The molecule has 0 spiro atoms. The maximum Gasteiger partial charge on any atom is 0.226 e. The van der Waals surface area contributed by atoms with E-state index in [-0.39, 0.29) is 6.61 Å². The Morgan fingerprint density at radius 1 is 1.47 bits per heavy atom. The summed E-state index contributed by atoms with van der Waals surface area (Å²) in [4.78, 5) is 4.10. The van der Waals surface area contributed by atoms with E-state index >= 15 is 0 Å². The molecule has 0 radical (unpaired) electrons. The van der Waals surface area contributed by atoms with Crippen LogP contribution >= 0.6 is 0 Å². The minimum absolute atomic E-state index is 0.106. The molecule has 19 heavy (non-hydrogen) atoms. The van der Waals surface area contributed by atoms with Gasteiger partial charge >= 0.3 is 0 Å². The number of halogens is 1. The molecule has 0 bridgehead atoms. The number of aliphatic hydroxyl groups excluding tert-OH is 1. The number of aromatic nitrogens is 2. The van der Waals surface area contributed by atoms with Crippen LogP contribution in [-0.4, -0.2) is 15.2 Å². The van der Waals surface area contributed by atoms with Gasteiger partial charge in [0.1, 0.15) is 11.6 Å². The molecular weight excluding hydrogens is 251 g/mol. The predicted molar refractivity (Wildman–Crippen MR) is 65.0 cm³/mol. The van der Waals surface area contributed by atoms with Crippen molar-refractivity contribution in [1.29, 1.82) is 0 Å². The molecule has 102 valence electrons. The SMILES string of the molecule is CCc1nc(COc2ccc(F)cc2[C@@H](C)O)no1. The van der Waals surface area contributed by atoms with Crippen molar-refractivity contribution in [1.82, 2.24) is 10.1 Å². The van der Waals surface area contributed by atoms with Gasteiger partial charge in [-0.3, -0.25) is 0 Å². The first-order valence-electron chi connectivity index (χ1n) is 6.02. The number of hydrogen-bond acceptors (Lipinski definition) is 5. The zero-order valence-corrected chi connectivity index (χ0v) is 10.8. The molecule has 2 rings (SSSR count). The van der Waals surface area contributed by atoms with Crippen LogP contribution < -0.4 is 4.74 Å². The number of nitrogens with zero attached hydrogens (tertiary/aromatic N) is 2. The largest absolute Gasteiger partial charge is 0.485 e. The summed E-state index contributed by atoms with van der Waals surface area (Å²) in [5.74, 6) is 0.932. The molecule has 5 nitrogen and oxygen atoms in total. The highest BCUT2D eigenvalue weighted by Gasteiger charge is 2.12. The summed E-state index contributed by atoms with van der Waals surface area (Å²) in [5.41, 5.74) is 0.388. The summed E-state index contributed by atoms with van der Waals surface area (Å²) >= 11 is 0.